The number of carboxylic acid groups (broad SMARTS) is 1. The predicted molar refractivity (Wildman–Crippen MR) is 52.1 cm³/mol. The molecule has 0 unspecified atom stereocenters. The molecule has 1 aromatic rings. The molecule has 1 aromatic carbocycles. The van der Waals surface area contributed by atoms with Gasteiger partial charge in [-0.2, -0.15) is 0 Å². The second kappa shape index (κ2) is 4.54. The Kier molecular flexibility index (Phi) is 3.38. The van der Waals surface area contributed by atoms with Crippen LogP contribution in [0.25, 0.3) is 6.08 Å². The zero-order chi connectivity index (χ0) is 11.4. The summed E-state index contributed by atoms with van der Waals surface area (Å²) >= 11 is 0. The fraction of sp³-hybridized carbons (Fsp3) is 0.100. The molecule has 0 fully saturated rings. The predicted octanol–water partition coefficient (Wildman–Crippen LogP) is 2.03. The molecule has 3 nitrogen and oxygen atoms in total. The highest BCUT2D eigenvalue weighted by Gasteiger charge is 2.05. The second-order valence-corrected chi connectivity index (χ2v) is 2.90. The SMILES string of the molecule is Nc1cc(F)c(C=CCC(=O)O)cc1F. The topological polar surface area (TPSA) is 63.3 Å². The molecule has 0 aliphatic rings. The highest BCUT2D eigenvalue weighted by atomic mass is 19.1. The van der Waals surface area contributed by atoms with E-state index >= 15 is 0 Å². The van der Waals surface area contributed by atoms with Gasteiger partial charge in [0.05, 0.1) is 12.1 Å². The maximum atomic E-state index is 13.1. The number of benzene rings is 1. The van der Waals surface area contributed by atoms with Crippen LogP contribution < -0.4 is 5.73 Å². The molecule has 0 amide bonds. The van der Waals surface area contributed by atoms with Gasteiger partial charge in [-0.1, -0.05) is 12.2 Å². The van der Waals surface area contributed by atoms with Crippen LogP contribution in [0.2, 0.25) is 0 Å². The Morgan fingerprint density at radius 2 is 2.07 bits per heavy atom. The Bertz CT molecular complexity index is 416. The Morgan fingerprint density at radius 1 is 1.40 bits per heavy atom. The molecule has 0 atom stereocenters. The maximum absolute atomic E-state index is 13.1. The largest absolute Gasteiger partial charge is 0.481 e. The lowest BCUT2D eigenvalue weighted by molar-refractivity contribution is -0.135. The summed E-state index contributed by atoms with van der Waals surface area (Å²) in [6.45, 7) is 0. The molecule has 0 radical (unpaired) electrons. The van der Waals surface area contributed by atoms with Gasteiger partial charge in [0, 0.05) is 11.6 Å². The monoisotopic (exact) mass is 213 g/mol. The van der Waals surface area contributed by atoms with Crippen LogP contribution in [0, 0.1) is 11.6 Å². The molecule has 0 saturated heterocycles. The van der Waals surface area contributed by atoms with E-state index in [0.717, 1.165) is 12.1 Å². The molecular weight excluding hydrogens is 204 g/mol. The van der Waals surface area contributed by atoms with Gasteiger partial charge in [0.1, 0.15) is 11.6 Å². The first-order chi connectivity index (χ1) is 7.00. The minimum Gasteiger partial charge on any atom is -0.481 e. The van der Waals surface area contributed by atoms with Gasteiger partial charge in [-0.25, -0.2) is 8.78 Å². The third kappa shape index (κ3) is 3.05. The van der Waals surface area contributed by atoms with Crippen LogP contribution in [0.15, 0.2) is 18.2 Å². The fourth-order valence-electron chi connectivity index (χ4n) is 0.992. The van der Waals surface area contributed by atoms with Crippen molar-refractivity contribution in [1.82, 2.24) is 0 Å². The van der Waals surface area contributed by atoms with Crippen LogP contribution in [0.4, 0.5) is 14.5 Å². The van der Waals surface area contributed by atoms with Gasteiger partial charge in [-0.05, 0) is 6.07 Å². The van der Waals surface area contributed by atoms with Gasteiger partial charge in [0.2, 0.25) is 0 Å². The summed E-state index contributed by atoms with van der Waals surface area (Å²) in [6, 6.07) is 1.78. The molecule has 0 saturated carbocycles. The van der Waals surface area contributed by atoms with Crippen LogP contribution in [0.1, 0.15) is 12.0 Å². The minimum absolute atomic E-state index is 0.0250. The average molecular weight is 213 g/mol. The molecule has 0 spiro atoms. The van der Waals surface area contributed by atoms with Crippen molar-refractivity contribution in [3.05, 3.63) is 35.4 Å². The molecule has 5 heteroatoms. The van der Waals surface area contributed by atoms with Crippen LogP contribution >= 0.6 is 0 Å². The number of halogens is 2. The second-order valence-electron chi connectivity index (χ2n) is 2.90. The van der Waals surface area contributed by atoms with Crippen LogP contribution in [-0.4, -0.2) is 11.1 Å². The van der Waals surface area contributed by atoms with E-state index in [1.165, 1.54) is 12.2 Å². The molecule has 0 bridgehead atoms. The van der Waals surface area contributed by atoms with Crippen LogP contribution in [0.5, 0.6) is 0 Å². The Balaban J connectivity index is 2.90. The summed E-state index contributed by atoms with van der Waals surface area (Å²) in [5.74, 6) is -2.45. The summed E-state index contributed by atoms with van der Waals surface area (Å²) in [5, 5.41) is 8.32. The van der Waals surface area contributed by atoms with Gasteiger partial charge >= 0.3 is 5.97 Å². The lowest BCUT2D eigenvalue weighted by Gasteiger charge is -2.00. The Morgan fingerprint density at radius 3 is 2.67 bits per heavy atom. The van der Waals surface area contributed by atoms with E-state index in [0.29, 0.717) is 0 Å². The van der Waals surface area contributed by atoms with Gasteiger partial charge in [0.25, 0.3) is 0 Å². The summed E-state index contributed by atoms with van der Waals surface area (Å²) in [4.78, 5) is 10.2. The number of rotatable bonds is 3. The molecule has 0 heterocycles. The molecule has 0 aliphatic heterocycles. The molecule has 3 N–H and O–H groups in total. The van der Waals surface area contributed by atoms with Crippen molar-refractivity contribution in [2.45, 2.75) is 6.42 Å². The Hall–Kier alpha value is -1.91. The van der Waals surface area contributed by atoms with Crippen molar-refractivity contribution in [3.63, 3.8) is 0 Å². The number of nitrogens with two attached hydrogens (primary N) is 1. The standard InChI is InChI=1S/C10H9F2NO2/c11-7-5-9(13)8(12)4-6(7)2-1-3-10(14)15/h1-2,4-5H,3,13H2,(H,14,15). The quantitative estimate of drug-likeness (QED) is 0.755. The van der Waals surface area contributed by atoms with Crippen molar-refractivity contribution in [1.29, 1.82) is 0 Å². The van der Waals surface area contributed by atoms with Crippen molar-refractivity contribution in [2.75, 3.05) is 5.73 Å². The van der Waals surface area contributed by atoms with E-state index in [1.54, 1.807) is 0 Å². The van der Waals surface area contributed by atoms with Crippen molar-refractivity contribution < 1.29 is 18.7 Å². The highest BCUT2D eigenvalue weighted by Crippen LogP contribution is 2.17. The lowest BCUT2D eigenvalue weighted by Crippen LogP contribution is -1.94. The third-order valence-electron chi connectivity index (χ3n) is 1.71. The number of hydrogen-bond acceptors (Lipinski definition) is 2. The summed E-state index contributed by atoms with van der Waals surface area (Å²) < 4.78 is 26.0. The van der Waals surface area contributed by atoms with E-state index in [-0.39, 0.29) is 17.7 Å². The fourth-order valence-corrected chi connectivity index (χ4v) is 0.992. The van der Waals surface area contributed by atoms with Gasteiger partial charge in [0.15, 0.2) is 0 Å². The van der Waals surface area contributed by atoms with Gasteiger partial charge in [-0.15, -0.1) is 0 Å². The van der Waals surface area contributed by atoms with Crippen molar-refractivity contribution in [3.8, 4) is 0 Å². The lowest BCUT2D eigenvalue weighted by atomic mass is 10.1. The zero-order valence-electron chi connectivity index (χ0n) is 7.71. The first kappa shape index (κ1) is 11.2. The Labute approximate surface area is 84.8 Å². The molecule has 15 heavy (non-hydrogen) atoms. The molecule has 1 rings (SSSR count). The number of anilines is 1. The number of carboxylic acids is 1. The van der Waals surface area contributed by atoms with Crippen LogP contribution in [0.3, 0.4) is 0 Å². The van der Waals surface area contributed by atoms with E-state index in [9.17, 15) is 13.6 Å². The van der Waals surface area contributed by atoms with E-state index < -0.39 is 17.6 Å². The normalized spacial score (nSPS) is 10.8. The van der Waals surface area contributed by atoms with Crippen molar-refractivity contribution >= 4 is 17.7 Å². The van der Waals surface area contributed by atoms with E-state index in [1.807, 2.05) is 0 Å². The zero-order valence-corrected chi connectivity index (χ0v) is 7.71. The molecule has 0 aromatic heterocycles. The number of aliphatic carboxylic acids is 1. The molecular formula is C10H9F2NO2. The first-order valence-corrected chi connectivity index (χ1v) is 4.13. The summed E-state index contributed by atoms with van der Waals surface area (Å²) in [7, 11) is 0. The van der Waals surface area contributed by atoms with Gasteiger partial charge in [-0.3, -0.25) is 4.79 Å². The van der Waals surface area contributed by atoms with Gasteiger partial charge < -0.3 is 10.8 Å². The first-order valence-electron chi connectivity index (χ1n) is 4.13. The average Bonchev–Trinajstić information content (AvgIpc) is 2.13. The third-order valence-corrected chi connectivity index (χ3v) is 1.71. The number of carbonyl (C=O) groups is 1. The summed E-state index contributed by atoms with van der Waals surface area (Å²) in [6.07, 6.45) is 2.19. The van der Waals surface area contributed by atoms with Crippen LogP contribution in [-0.2, 0) is 4.79 Å². The minimum atomic E-state index is -1.04. The van der Waals surface area contributed by atoms with E-state index in [4.69, 9.17) is 10.8 Å². The smallest absolute Gasteiger partial charge is 0.307 e. The maximum Gasteiger partial charge on any atom is 0.307 e. The summed E-state index contributed by atoms with van der Waals surface area (Å²) in [5.41, 5.74) is 4.83. The number of hydrogen-bond donors (Lipinski definition) is 2. The van der Waals surface area contributed by atoms with Crippen molar-refractivity contribution in [2.24, 2.45) is 0 Å². The number of nitrogen functional groups attached to an aromatic ring is 1. The highest BCUT2D eigenvalue weighted by molar-refractivity contribution is 5.70. The molecule has 80 valence electrons. The van der Waals surface area contributed by atoms with E-state index in [2.05, 4.69) is 0 Å². The molecule has 0 aliphatic carbocycles.